The smallest absolute Gasteiger partial charge is 0.128 e. The summed E-state index contributed by atoms with van der Waals surface area (Å²) in [5.41, 5.74) is 0.631. The molecule has 3 aliphatic rings. The lowest BCUT2D eigenvalue weighted by Crippen LogP contribution is -2.51. The van der Waals surface area contributed by atoms with E-state index in [1.54, 1.807) is 0 Å². The molecule has 0 atom stereocenters. The lowest BCUT2D eigenvalue weighted by atomic mass is 9.70. The Hall–Kier alpha value is -0.610. The Morgan fingerprint density at radius 2 is 1.68 bits per heavy atom. The van der Waals surface area contributed by atoms with E-state index in [0.717, 1.165) is 16.3 Å². The molecule has 4 heteroatoms. The predicted molar refractivity (Wildman–Crippen MR) is 94.3 cm³/mol. The molecule has 0 aromatic carbocycles. The van der Waals surface area contributed by atoms with Crippen LogP contribution >= 0.6 is 15.9 Å². The Balaban J connectivity index is 1.32. The van der Waals surface area contributed by atoms with Crippen LogP contribution < -0.4 is 4.90 Å². The third kappa shape index (κ3) is 2.92. The topological polar surface area (TPSA) is 19.4 Å². The van der Waals surface area contributed by atoms with Crippen molar-refractivity contribution in [2.24, 2.45) is 5.41 Å². The molecule has 22 heavy (non-hydrogen) atoms. The molecular weight excluding hydrogens is 338 g/mol. The molecule has 3 heterocycles. The van der Waals surface area contributed by atoms with Crippen molar-refractivity contribution in [3.05, 3.63) is 22.8 Å². The fourth-order valence-electron chi connectivity index (χ4n) is 4.38. The molecule has 120 valence electrons. The quantitative estimate of drug-likeness (QED) is 0.788. The van der Waals surface area contributed by atoms with E-state index < -0.39 is 0 Å². The van der Waals surface area contributed by atoms with Crippen molar-refractivity contribution in [3.63, 3.8) is 0 Å². The van der Waals surface area contributed by atoms with Crippen LogP contribution in [0.15, 0.2) is 22.8 Å². The minimum atomic E-state index is 0.631. The first kappa shape index (κ1) is 14.9. The van der Waals surface area contributed by atoms with Gasteiger partial charge in [0.05, 0.1) is 0 Å². The molecule has 1 spiro atoms. The molecule has 1 aliphatic carbocycles. The van der Waals surface area contributed by atoms with Gasteiger partial charge in [0.2, 0.25) is 0 Å². The van der Waals surface area contributed by atoms with Crippen molar-refractivity contribution in [2.45, 2.75) is 51.0 Å². The Bertz CT molecular complexity index is 494. The zero-order chi connectivity index (χ0) is 15.0. The maximum absolute atomic E-state index is 4.56. The molecule has 1 saturated carbocycles. The number of anilines is 1. The van der Waals surface area contributed by atoms with E-state index in [-0.39, 0.29) is 0 Å². The molecule has 2 aliphatic heterocycles. The summed E-state index contributed by atoms with van der Waals surface area (Å²) in [7, 11) is 0. The van der Waals surface area contributed by atoms with Gasteiger partial charge in [-0.25, -0.2) is 4.98 Å². The molecule has 0 N–H and O–H groups in total. The van der Waals surface area contributed by atoms with Gasteiger partial charge in [0.15, 0.2) is 0 Å². The molecule has 0 bridgehead atoms. The molecule has 0 unspecified atom stereocenters. The number of rotatable bonds is 2. The molecule has 1 aromatic rings. The second kappa shape index (κ2) is 6.12. The highest BCUT2D eigenvalue weighted by Crippen LogP contribution is 2.43. The highest BCUT2D eigenvalue weighted by Gasteiger charge is 2.39. The summed E-state index contributed by atoms with van der Waals surface area (Å²) in [6.07, 6.45) is 11.8. The van der Waals surface area contributed by atoms with Gasteiger partial charge in [-0.05, 0) is 85.1 Å². The number of likely N-dealkylation sites (tertiary alicyclic amines) is 1. The number of hydrogen-bond acceptors (Lipinski definition) is 3. The van der Waals surface area contributed by atoms with Crippen LogP contribution in [-0.2, 0) is 0 Å². The third-order valence-corrected chi connectivity index (χ3v) is 6.78. The number of piperidine rings is 2. The first-order chi connectivity index (χ1) is 10.7. The summed E-state index contributed by atoms with van der Waals surface area (Å²) in [5, 5.41) is 0. The van der Waals surface area contributed by atoms with Crippen LogP contribution in [0.3, 0.4) is 0 Å². The number of pyridine rings is 1. The van der Waals surface area contributed by atoms with Crippen molar-refractivity contribution < 1.29 is 0 Å². The fraction of sp³-hybridized carbons (Fsp3) is 0.722. The van der Waals surface area contributed by atoms with E-state index in [1.807, 2.05) is 6.20 Å². The van der Waals surface area contributed by atoms with Gasteiger partial charge < -0.3 is 9.80 Å². The van der Waals surface area contributed by atoms with Crippen molar-refractivity contribution in [1.29, 1.82) is 0 Å². The average Bonchev–Trinajstić information content (AvgIpc) is 2.50. The van der Waals surface area contributed by atoms with Crippen LogP contribution in [0.2, 0.25) is 0 Å². The van der Waals surface area contributed by atoms with E-state index in [2.05, 4.69) is 42.8 Å². The zero-order valence-electron chi connectivity index (χ0n) is 13.3. The van der Waals surface area contributed by atoms with Crippen LogP contribution in [0, 0.1) is 5.41 Å². The van der Waals surface area contributed by atoms with E-state index in [1.165, 1.54) is 71.1 Å². The first-order valence-corrected chi connectivity index (χ1v) is 9.64. The summed E-state index contributed by atoms with van der Waals surface area (Å²) >= 11 is 3.47. The highest BCUT2D eigenvalue weighted by molar-refractivity contribution is 9.10. The zero-order valence-corrected chi connectivity index (χ0v) is 14.9. The van der Waals surface area contributed by atoms with Gasteiger partial charge in [-0.15, -0.1) is 0 Å². The van der Waals surface area contributed by atoms with Gasteiger partial charge in [0.1, 0.15) is 5.82 Å². The predicted octanol–water partition coefficient (Wildman–Crippen LogP) is 4.08. The SMILES string of the molecule is Brc1ccc(N2CCC3(CC2)CCN(C2CCC2)CC3)nc1. The minimum Gasteiger partial charge on any atom is -0.357 e. The minimum absolute atomic E-state index is 0.631. The molecule has 3 fully saturated rings. The molecule has 2 saturated heterocycles. The molecule has 0 radical (unpaired) electrons. The highest BCUT2D eigenvalue weighted by atomic mass is 79.9. The maximum Gasteiger partial charge on any atom is 0.128 e. The van der Waals surface area contributed by atoms with Crippen LogP contribution in [0.1, 0.15) is 44.9 Å². The average molecular weight is 364 g/mol. The third-order valence-electron chi connectivity index (χ3n) is 6.31. The Kier molecular flexibility index (Phi) is 4.16. The Labute approximate surface area is 142 Å². The summed E-state index contributed by atoms with van der Waals surface area (Å²) < 4.78 is 1.06. The molecular formula is C18H26BrN3. The first-order valence-electron chi connectivity index (χ1n) is 8.85. The number of nitrogens with zero attached hydrogens (tertiary/aromatic N) is 3. The summed E-state index contributed by atoms with van der Waals surface area (Å²) in [4.78, 5) is 9.80. The monoisotopic (exact) mass is 363 g/mol. The summed E-state index contributed by atoms with van der Waals surface area (Å²) in [5.74, 6) is 1.14. The van der Waals surface area contributed by atoms with Crippen LogP contribution in [0.4, 0.5) is 5.82 Å². The molecule has 3 nitrogen and oxygen atoms in total. The second-order valence-corrected chi connectivity index (χ2v) is 8.36. The number of hydrogen-bond donors (Lipinski definition) is 0. The summed E-state index contributed by atoms with van der Waals surface area (Å²) in [6.45, 7) is 5.05. The molecule has 4 rings (SSSR count). The fourth-order valence-corrected chi connectivity index (χ4v) is 4.62. The number of aromatic nitrogens is 1. The number of halogens is 1. The van der Waals surface area contributed by atoms with Crippen molar-refractivity contribution in [2.75, 3.05) is 31.1 Å². The van der Waals surface area contributed by atoms with E-state index >= 15 is 0 Å². The van der Waals surface area contributed by atoms with E-state index in [4.69, 9.17) is 0 Å². The van der Waals surface area contributed by atoms with Gasteiger partial charge >= 0.3 is 0 Å². The lowest BCUT2D eigenvalue weighted by Gasteiger charge is -2.50. The lowest BCUT2D eigenvalue weighted by molar-refractivity contribution is 0.0305. The van der Waals surface area contributed by atoms with Gasteiger partial charge in [0, 0.05) is 29.8 Å². The van der Waals surface area contributed by atoms with Gasteiger partial charge in [-0.3, -0.25) is 0 Å². The Morgan fingerprint density at radius 3 is 2.23 bits per heavy atom. The standard InChI is InChI=1S/C18H26BrN3/c19-15-4-5-17(20-14-15)22-12-8-18(9-13-22)6-10-21(11-7-18)16-2-1-3-16/h4-5,14,16H,1-3,6-13H2. The van der Waals surface area contributed by atoms with E-state index in [0.29, 0.717) is 5.41 Å². The maximum atomic E-state index is 4.56. The van der Waals surface area contributed by atoms with E-state index in [9.17, 15) is 0 Å². The molecule has 0 amide bonds. The van der Waals surface area contributed by atoms with Gasteiger partial charge in [-0.1, -0.05) is 6.42 Å². The van der Waals surface area contributed by atoms with Crippen LogP contribution in [-0.4, -0.2) is 42.1 Å². The molecule has 1 aromatic heterocycles. The largest absolute Gasteiger partial charge is 0.357 e. The normalized spacial score (nSPS) is 26.1. The van der Waals surface area contributed by atoms with Gasteiger partial charge in [0.25, 0.3) is 0 Å². The van der Waals surface area contributed by atoms with Gasteiger partial charge in [-0.2, -0.15) is 0 Å². The second-order valence-electron chi connectivity index (χ2n) is 7.44. The van der Waals surface area contributed by atoms with Crippen molar-refractivity contribution in [3.8, 4) is 0 Å². The van der Waals surface area contributed by atoms with Crippen LogP contribution in [0.5, 0.6) is 0 Å². The van der Waals surface area contributed by atoms with Crippen molar-refractivity contribution in [1.82, 2.24) is 9.88 Å². The Morgan fingerprint density at radius 1 is 1.00 bits per heavy atom. The van der Waals surface area contributed by atoms with Crippen LogP contribution in [0.25, 0.3) is 0 Å². The van der Waals surface area contributed by atoms with Crippen molar-refractivity contribution >= 4 is 21.7 Å². The summed E-state index contributed by atoms with van der Waals surface area (Å²) in [6, 6.07) is 5.18.